The Morgan fingerprint density at radius 2 is 1.44 bits per heavy atom. The van der Waals surface area contributed by atoms with Crippen LogP contribution in [0.3, 0.4) is 0 Å². The highest BCUT2D eigenvalue weighted by Crippen LogP contribution is 2.37. The van der Waals surface area contributed by atoms with E-state index in [1.54, 1.807) is 4.90 Å². The molecule has 0 radical (unpaired) electrons. The molecule has 1 heterocycles. The average molecular weight is 603 g/mol. The minimum atomic E-state index is -2.72. The Morgan fingerprint density at radius 3 is 1.93 bits per heavy atom. The third kappa shape index (κ3) is 7.48. The first-order valence-corrected chi connectivity index (χ1v) is 17.2. The summed E-state index contributed by atoms with van der Waals surface area (Å²) < 4.78 is 12.7. The topological polar surface area (TPSA) is 79.3 Å². The highest BCUT2D eigenvalue weighted by atomic mass is 28.4. The molecule has 0 spiro atoms. The third-order valence-electron chi connectivity index (χ3n) is 8.48. The van der Waals surface area contributed by atoms with Gasteiger partial charge in [-0.25, -0.2) is 9.59 Å². The van der Waals surface area contributed by atoms with Gasteiger partial charge in [0.05, 0.1) is 6.04 Å². The van der Waals surface area contributed by atoms with Crippen molar-refractivity contribution in [3.8, 4) is 0 Å². The minimum absolute atomic E-state index is 0.126. The fourth-order valence-corrected chi connectivity index (χ4v) is 11.0. The summed E-state index contributed by atoms with van der Waals surface area (Å²) in [6, 6.07) is 30.0. The van der Waals surface area contributed by atoms with Gasteiger partial charge in [0, 0.05) is 25.2 Å². The van der Waals surface area contributed by atoms with E-state index in [4.69, 9.17) is 9.16 Å². The van der Waals surface area contributed by atoms with Gasteiger partial charge in [-0.1, -0.05) is 112 Å². The van der Waals surface area contributed by atoms with Crippen LogP contribution in [0.25, 0.3) is 0 Å². The second-order valence-electron chi connectivity index (χ2n) is 12.7. The van der Waals surface area contributed by atoms with Gasteiger partial charge in [-0.05, 0) is 54.1 Å². The zero-order valence-electron chi connectivity index (χ0n) is 26.1. The van der Waals surface area contributed by atoms with Gasteiger partial charge in [0.15, 0.2) is 0 Å². The standard InChI is InChI=1S/C35H46N2O5Si/c1-27(2)37(34(40)41-26-28-15-9-6-10-16-28)30-22-21-29(36(25-30)33(38)39)23-24-42-43(35(3,4)5,31-17-11-7-12-18-31)32-19-13-8-14-20-32/h6-20,27,29-30H,21-26H2,1-5H3,(H,38,39)/t29-,30-/m1/s1. The van der Waals surface area contributed by atoms with Crippen LogP contribution in [0.15, 0.2) is 91.0 Å². The molecule has 0 saturated carbocycles. The number of nitrogens with zero attached hydrogens (tertiary/aromatic N) is 2. The second-order valence-corrected chi connectivity index (χ2v) is 17.0. The maximum atomic E-state index is 13.2. The number of benzene rings is 3. The number of carbonyl (C=O) groups is 2. The zero-order chi connectivity index (χ0) is 31.0. The number of carboxylic acid groups (broad SMARTS) is 1. The first-order chi connectivity index (χ1) is 20.5. The predicted octanol–water partition coefficient (Wildman–Crippen LogP) is 6.51. The van der Waals surface area contributed by atoms with E-state index in [1.165, 1.54) is 15.3 Å². The van der Waals surface area contributed by atoms with E-state index in [1.807, 2.05) is 56.3 Å². The molecule has 3 aromatic rings. The van der Waals surface area contributed by atoms with Crippen molar-refractivity contribution in [2.45, 2.75) is 83.7 Å². The van der Waals surface area contributed by atoms with Crippen LogP contribution in [0.2, 0.25) is 5.04 Å². The van der Waals surface area contributed by atoms with Crippen LogP contribution in [-0.4, -0.2) is 66.7 Å². The molecule has 7 nitrogen and oxygen atoms in total. The molecular weight excluding hydrogens is 556 g/mol. The quantitative estimate of drug-likeness (QED) is 0.268. The number of hydrogen-bond donors (Lipinski definition) is 1. The van der Waals surface area contributed by atoms with Gasteiger partial charge in [0.25, 0.3) is 8.32 Å². The van der Waals surface area contributed by atoms with E-state index in [2.05, 4.69) is 69.3 Å². The molecule has 2 amide bonds. The van der Waals surface area contributed by atoms with Gasteiger partial charge in [0.1, 0.15) is 6.61 Å². The Hall–Kier alpha value is -3.62. The minimum Gasteiger partial charge on any atom is -0.465 e. The summed E-state index contributed by atoms with van der Waals surface area (Å²) >= 11 is 0. The van der Waals surface area contributed by atoms with Gasteiger partial charge in [-0.3, -0.25) is 0 Å². The molecule has 4 rings (SSSR count). The second kappa shape index (κ2) is 14.2. The Labute approximate surface area is 257 Å². The summed E-state index contributed by atoms with van der Waals surface area (Å²) in [4.78, 5) is 28.9. The Morgan fingerprint density at radius 1 is 0.907 bits per heavy atom. The van der Waals surface area contributed by atoms with Gasteiger partial charge in [0.2, 0.25) is 0 Å². The first kappa shape index (κ1) is 32.3. The molecule has 2 atom stereocenters. The van der Waals surface area contributed by atoms with Crippen molar-refractivity contribution in [2.75, 3.05) is 13.2 Å². The van der Waals surface area contributed by atoms with E-state index >= 15 is 0 Å². The molecule has 0 bridgehead atoms. The van der Waals surface area contributed by atoms with E-state index in [-0.39, 0.29) is 36.3 Å². The maximum absolute atomic E-state index is 13.2. The number of piperidine rings is 1. The lowest BCUT2D eigenvalue weighted by atomic mass is 9.95. The largest absolute Gasteiger partial charge is 0.465 e. The normalized spacial score (nSPS) is 17.5. The van der Waals surface area contributed by atoms with Gasteiger partial charge in [-0.2, -0.15) is 0 Å². The van der Waals surface area contributed by atoms with Crippen molar-refractivity contribution in [3.63, 3.8) is 0 Å². The Kier molecular flexibility index (Phi) is 10.7. The molecule has 1 aliphatic rings. The van der Waals surface area contributed by atoms with Crippen LogP contribution in [-0.2, 0) is 15.8 Å². The van der Waals surface area contributed by atoms with Crippen molar-refractivity contribution in [1.29, 1.82) is 0 Å². The van der Waals surface area contributed by atoms with Crippen LogP contribution in [0.4, 0.5) is 9.59 Å². The summed E-state index contributed by atoms with van der Waals surface area (Å²) in [7, 11) is -2.72. The number of carbonyl (C=O) groups excluding carboxylic acids is 1. The number of amides is 2. The van der Waals surface area contributed by atoms with Crippen molar-refractivity contribution in [1.82, 2.24) is 9.80 Å². The van der Waals surface area contributed by atoms with Crippen LogP contribution in [0, 0.1) is 0 Å². The molecule has 3 aromatic carbocycles. The van der Waals surface area contributed by atoms with Crippen molar-refractivity contribution < 1.29 is 23.9 Å². The van der Waals surface area contributed by atoms with E-state index in [0.29, 0.717) is 25.9 Å². The van der Waals surface area contributed by atoms with Gasteiger partial charge in [-0.15, -0.1) is 0 Å². The zero-order valence-corrected chi connectivity index (χ0v) is 27.1. The van der Waals surface area contributed by atoms with Crippen LogP contribution >= 0.6 is 0 Å². The van der Waals surface area contributed by atoms with Crippen LogP contribution in [0.5, 0.6) is 0 Å². The molecule has 1 fully saturated rings. The molecule has 0 aromatic heterocycles. The van der Waals surface area contributed by atoms with Crippen molar-refractivity contribution >= 4 is 30.9 Å². The Bertz CT molecular complexity index is 1270. The smallest absolute Gasteiger partial charge is 0.410 e. The van der Waals surface area contributed by atoms with E-state index in [0.717, 1.165) is 5.56 Å². The van der Waals surface area contributed by atoms with E-state index in [9.17, 15) is 14.7 Å². The molecule has 230 valence electrons. The highest BCUT2D eigenvalue weighted by molar-refractivity contribution is 6.99. The average Bonchev–Trinajstić information content (AvgIpc) is 2.99. The number of rotatable bonds is 10. The lowest BCUT2D eigenvalue weighted by Gasteiger charge is -2.45. The van der Waals surface area contributed by atoms with Gasteiger partial charge < -0.3 is 24.1 Å². The van der Waals surface area contributed by atoms with Crippen molar-refractivity contribution in [3.05, 3.63) is 96.6 Å². The monoisotopic (exact) mass is 602 g/mol. The summed E-state index contributed by atoms with van der Waals surface area (Å²) in [6.45, 7) is 11.5. The Balaban J connectivity index is 1.48. The predicted molar refractivity (Wildman–Crippen MR) is 173 cm³/mol. The number of likely N-dealkylation sites (tertiary alicyclic amines) is 1. The molecular formula is C35H46N2O5Si. The summed E-state index contributed by atoms with van der Waals surface area (Å²) in [5.41, 5.74) is 0.913. The van der Waals surface area contributed by atoms with Crippen LogP contribution in [0.1, 0.15) is 59.4 Å². The fraction of sp³-hybridized carbons (Fsp3) is 0.429. The molecule has 1 N–H and O–H groups in total. The summed E-state index contributed by atoms with van der Waals surface area (Å²) in [5.74, 6) is 0. The molecule has 8 heteroatoms. The lowest BCUT2D eigenvalue weighted by Crippen LogP contribution is -2.66. The lowest BCUT2D eigenvalue weighted by molar-refractivity contribution is 0.0246. The number of hydrogen-bond acceptors (Lipinski definition) is 4. The summed E-state index contributed by atoms with van der Waals surface area (Å²) in [6.07, 6.45) is 0.552. The van der Waals surface area contributed by atoms with E-state index < -0.39 is 20.5 Å². The fourth-order valence-electron chi connectivity index (χ4n) is 6.45. The first-order valence-electron chi connectivity index (χ1n) is 15.3. The molecule has 43 heavy (non-hydrogen) atoms. The SMILES string of the molecule is CC(C)N(C(=O)OCc1ccccc1)[C@@H]1CC[C@H](CCO[Si](c2ccccc2)(c2ccccc2)C(C)(C)C)N(C(=O)O)C1. The number of ether oxygens (including phenoxy) is 1. The molecule has 0 unspecified atom stereocenters. The van der Waals surface area contributed by atoms with Crippen molar-refractivity contribution in [2.24, 2.45) is 0 Å². The molecule has 1 saturated heterocycles. The van der Waals surface area contributed by atoms with Gasteiger partial charge >= 0.3 is 12.2 Å². The molecule has 1 aliphatic heterocycles. The summed E-state index contributed by atoms with van der Waals surface area (Å²) in [5, 5.41) is 12.5. The third-order valence-corrected chi connectivity index (χ3v) is 13.5. The van der Waals surface area contributed by atoms with Crippen LogP contribution < -0.4 is 10.4 Å². The molecule has 0 aliphatic carbocycles. The highest BCUT2D eigenvalue weighted by Gasteiger charge is 2.50. The maximum Gasteiger partial charge on any atom is 0.410 e.